The van der Waals surface area contributed by atoms with Crippen molar-refractivity contribution >= 4 is 17.7 Å². The quantitative estimate of drug-likeness (QED) is 0.662. The van der Waals surface area contributed by atoms with Crippen LogP contribution in [0, 0.1) is 0 Å². The first-order chi connectivity index (χ1) is 12.7. The van der Waals surface area contributed by atoms with Gasteiger partial charge in [-0.1, -0.05) is 30.0 Å². The Morgan fingerprint density at radius 2 is 2.19 bits per heavy atom. The molecule has 0 saturated heterocycles. The highest BCUT2D eigenvalue weighted by Gasteiger charge is 2.20. The molecule has 0 unspecified atom stereocenters. The number of thioether (sulfide) groups is 1. The molecule has 0 N–H and O–H groups in total. The van der Waals surface area contributed by atoms with Gasteiger partial charge in [0.25, 0.3) is 0 Å². The molecule has 3 rings (SSSR count). The van der Waals surface area contributed by atoms with Crippen LogP contribution < -0.4 is 4.74 Å². The standard InChI is InChI=1S/C18H23N5O2S/c1-3-22(14-9-5-6-10-14)17(24)13-26-18-19-20-21-23(18)15-11-7-8-12-16(15)25-4-2/h7-9,11-12H,3-6,10,13H2,1-2H3. The second kappa shape index (κ2) is 8.84. The number of rotatable bonds is 8. The normalized spacial score (nSPS) is 13.5. The van der Waals surface area contributed by atoms with Crippen molar-refractivity contribution in [2.24, 2.45) is 0 Å². The summed E-state index contributed by atoms with van der Waals surface area (Å²) in [6.07, 6.45) is 5.32. The molecule has 2 aromatic rings. The molecule has 1 aromatic heterocycles. The molecule has 1 heterocycles. The Hall–Kier alpha value is -2.35. The minimum atomic E-state index is 0.0818. The molecule has 8 heteroatoms. The number of hydrogen-bond donors (Lipinski definition) is 0. The maximum atomic E-state index is 12.6. The van der Waals surface area contributed by atoms with Crippen molar-refractivity contribution in [3.8, 4) is 11.4 Å². The van der Waals surface area contributed by atoms with Crippen molar-refractivity contribution in [1.29, 1.82) is 0 Å². The SMILES string of the molecule is CCOc1ccccc1-n1nnnc1SCC(=O)N(CC)C1=CCCC1. The number of ether oxygens (including phenoxy) is 1. The van der Waals surface area contributed by atoms with Crippen molar-refractivity contribution in [3.05, 3.63) is 36.0 Å². The van der Waals surface area contributed by atoms with Crippen LogP contribution in [0.5, 0.6) is 5.75 Å². The maximum absolute atomic E-state index is 12.6. The van der Waals surface area contributed by atoms with E-state index in [1.807, 2.05) is 43.0 Å². The summed E-state index contributed by atoms with van der Waals surface area (Å²) in [4.78, 5) is 14.5. The molecule has 7 nitrogen and oxygen atoms in total. The predicted octanol–water partition coefficient (Wildman–Crippen LogP) is 3.07. The molecule has 138 valence electrons. The molecule has 1 aliphatic carbocycles. The average molecular weight is 373 g/mol. The van der Waals surface area contributed by atoms with E-state index in [0.717, 1.165) is 30.6 Å². The van der Waals surface area contributed by atoms with Crippen molar-refractivity contribution in [2.45, 2.75) is 38.3 Å². The van der Waals surface area contributed by atoms with Gasteiger partial charge in [-0.15, -0.1) is 5.10 Å². The second-order valence-corrected chi connectivity index (χ2v) is 6.73. The van der Waals surface area contributed by atoms with Crippen LogP contribution in [0.25, 0.3) is 5.69 Å². The van der Waals surface area contributed by atoms with Gasteiger partial charge >= 0.3 is 0 Å². The van der Waals surface area contributed by atoms with Crippen molar-refractivity contribution in [1.82, 2.24) is 25.1 Å². The van der Waals surface area contributed by atoms with Gasteiger partial charge in [0.05, 0.1) is 12.4 Å². The minimum Gasteiger partial charge on any atom is -0.492 e. The van der Waals surface area contributed by atoms with E-state index in [9.17, 15) is 4.79 Å². The zero-order chi connectivity index (χ0) is 18.4. The lowest BCUT2D eigenvalue weighted by Crippen LogP contribution is -2.31. The number of carbonyl (C=O) groups excluding carboxylic acids is 1. The van der Waals surface area contributed by atoms with E-state index in [4.69, 9.17) is 4.74 Å². The molecule has 0 spiro atoms. The van der Waals surface area contributed by atoms with E-state index in [0.29, 0.717) is 29.8 Å². The molecule has 0 fully saturated rings. The molecule has 0 saturated carbocycles. The number of allylic oxidation sites excluding steroid dienone is 2. The summed E-state index contributed by atoms with van der Waals surface area (Å²) in [7, 11) is 0. The third kappa shape index (κ3) is 4.07. The van der Waals surface area contributed by atoms with Gasteiger partial charge in [0, 0.05) is 12.2 Å². The predicted molar refractivity (Wildman–Crippen MR) is 100 cm³/mol. The number of carbonyl (C=O) groups is 1. The van der Waals surface area contributed by atoms with Crippen molar-refractivity contribution in [2.75, 3.05) is 18.9 Å². The highest BCUT2D eigenvalue weighted by molar-refractivity contribution is 7.99. The number of benzene rings is 1. The zero-order valence-electron chi connectivity index (χ0n) is 15.1. The molecular formula is C18H23N5O2S. The van der Waals surface area contributed by atoms with Crippen LogP contribution in [0.1, 0.15) is 33.1 Å². The number of hydrogen-bond acceptors (Lipinski definition) is 6. The van der Waals surface area contributed by atoms with Gasteiger partial charge in [0.1, 0.15) is 11.4 Å². The monoisotopic (exact) mass is 373 g/mol. The van der Waals surface area contributed by atoms with Crippen LogP contribution in [0.4, 0.5) is 0 Å². The lowest BCUT2D eigenvalue weighted by molar-refractivity contribution is -0.126. The highest BCUT2D eigenvalue weighted by atomic mass is 32.2. The summed E-state index contributed by atoms with van der Waals surface area (Å²) < 4.78 is 7.28. The van der Waals surface area contributed by atoms with Gasteiger partial charge in [-0.3, -0.25) is 4.79 Å². The summed E-state index contributed by atoms with van der Waals surface area (Å²) in [5.41, 5.74) is 1.90. The fourth-order valence-electron chi connectivity index (χ4n) is 2.97. The first kappa shape index (κ1) is 18.4. The molecule has 1 amide bonds. The number of amides is 1. The van der Waals surface area contributed by atoms with E-state index in [2.05, 4.69) is 21.6 Å². The largest absolute Gasteiger partial charge is 0.492 e. The zero-order valence-corrected chi connectivity index (χ0v) is 15.9. The van der Waals surface area contributed by atoms with E-state index in [1.165, 1.54) is 11.8 Å². The Bertz CT molecular complexity index is 789. The smallest absolute Gasteiger partial charge is 0.237 e. The van der Waals surface area contributed by atoms with E-state index in [1.54, 1.807) is 4.68 Å². The van der Waals surface area contributed by atoms with Gasteiger partial charge in [-0.05, 0) is 55.7 Å². The summed E-state index contributed by atoms with van der Waals surface area (Å²) in [6.45, 7) is 5.18. The Balaban J connectivity index is 1.72. The number of tetrazole rings is 1. The van der Waals surface area contributed by atoms with Crippen LogP contribution in [-0.2, 0) is 4.79 Å². The molecule has 0 radical (unpaired) electrons. The second-order valence-electron chi connectivity index (χ2n) is 5.79. The van der Waals surface area contributed by atoms with Gasteiger partial charge in [-0.2, -0.15) is 4.68 Å². The van der Waals surface area contributed by atoms with Gasteiger partial charge in [0.15, 0.2) is 0 Å². The molecule has 0 bridgehead atoms. The van der Waals surface area contributed by atoms with Crippen LogP contribution in [0.15, 0.2) is 41.2 Å². The summed E-state index contributed by atoms with van der Waals surface area (Å²) in [6, 6.07) is 7.59. The topological polar surface area (TPSA) is 73.1 Å². The number of aromatic nitrogens is 4. The maximum Gasteiger partial charge on any atom is 0.237 e. The van der Waals surface area contributed by atoms with Gasteiger partial charge in [-0.25, -0.2) is 0 Å². The number of para-hydroxylation sites is 2. The van der Waals surface area contributed by atoms with Crippen LogP contribution in [0.3, 0.4) is 0 Å². The molecule has 26 heavy (non-hydrogen) atoms. The molecule has 1 aromatic carbocycles. The van der Waals surface area contributed by atoms with Gasteiger partial charge < -0.3 is 9.64 Å². The number of nitrogens with zero attached hydrogens (tertiary/aromatic N) is 5. The lowest BCUT2D eigenvalue weighted by Gasteiger charge is -2.22. The molecular weight excluding hydrogens is 350 g/mol. The Kier molecular flexibility index (Phi) is 6.27. The van der Waals surface area contributed by atoms with E-state index < -0.39 is 0 Å². The fraction of sp³-hybridized carbons (Fsp3) is 0.444. The Labute approximate surface area is 157 Å². The average Bonchev–Trinajstić information content (AvgIpc) is 3.33. The summed E-state index contributed by atoms with van der Waals surface area (Å²) in [5.74, 6) is 1.09. The van der Waals surface area contributed by atoms with Crippen LogP contribution in [-0.4, -0.2) is 49.9 Å². The Morgan fingerprint density at radius 1 is 1.35 bits per heavy atom. The molecule has 0 atom stereocenters. The van der Waals surface area contributed by atoms with Crippen molar-refractivity contribution in [3.63, 3.8) is 0 Å². The Morgan fingerprint density at radius 3 is 2.92 bits per heavy atom. The van der Waals surface area contributed by atoms with Crippen molar-refractivity contribution < 1.29 is 9.53 Å². The van der Waals surface area contributed by atoms with E-state index in [-0.39, 0.29) is 5.91 Å². The highest BCUT2D eigenvalue weighted by Crippen LogP contribution is 2.27. The summed E-state index contributed by atoms with van der Waals surface area (Å²) >= 11 is 1.34. The van der Waals surface area contributed by atoms with Crippen LogP contribution in [0.2, 0.25) is 0 Å². The summed E-state index contributed by atoms with van der Waals surface area (Å²) in [5, 5.41) is 12.5. The minimum absolute atomic E-state index is 0.0818. The molecule has 0 aliphatic heterocycles. The van der Waals surface area contributed by atoms with Gasteiger partial charge in [0.2, 0.25) is 11.1 Å². The molecule has 1 aliphatic rings. The lowest BCUT2D eigenvalue weighted by atomic mass is 10.3. The first-order valence-electron chi connectivity index (χ1n) is 8.87. The van der Waals surface area contributed by atoms with Crippen LogP contribution >= 0.6 is 11.8 Å². The first-order valence-corrected chi connectivity index (χ1v) is 9.86. The van der Waals surface area contributed by atoms with E-state index >= 15 is 0 Å². The third-order valence-corrected chi connectivity index (χ3v) is 5.04. The fourth-order valence-corrected chi connectivity index (χ4v) is 3.73. The third-order valence-electron chi connectivity index (χ3n) is 4.14.